The van der Waals surface area contributed by atoms with E-state index >= 15 is 0 Å². The van der Waals surface area contributed by atoms with Gasteiger partial charge in [-0.3, -0.25) is 4.79 Å². The van der Waals surface area contributed by atoms with E-state index in [1.54, 1.807) is 18.2 Å². The number of para-hydroxylation sites is 1. The van der Waals surface area contributed by atoms with Crippen LogP contribution in [-0.2, 0) is 11.2 Å². The highest BCUT2D eigenvalue weighted by atomic mass is 16.5. The molecule has 2 nitrogen and oxygen atoms in total. The van der Waals surface area contributed by atoms with Crippen LogP contribution in [-0.4, -0.2) is 5.97 Å². The molecule has 0 aliphatic rings. The molecule has 0 amide bonds. The van der Waals surface area contributed by atoms with E-state index in [-0.39, 0.29) is 12.4 Å². The van der Waals surface area contributed by atoms with E-state index in [1.807, 2.05) is 36.4 Å². The van der Waals surface area contributed by atoms with Crippen molar-refractivity contribution in [2.75, 3.05) is 0 Å². The topological polar surface area (TPSA) is 26.3 Å². The average Bonchev–Trinajstić information content (AvgIpc) is 2.31. The van der Waals surface area contributed by atoms with E-state index in [4.69, 9.17) is 4.74 Å². The summed E-state index contributed by atoms with van der Waals surface area (Å²) in [7, 11) is 0. The smallest absolute Gasteiger partial charge is 0.315 e. The lowest BCUT2D eigenvalue weighted by Crippen LogP contribution is -2.11. The Morgan fingerprint density at radius 1 is 1.06 bits per heavy atom. The van der Waals surface area contributed by atoms with Gasteiger partial charge in [-0.25, -0.2) is 0 Å². The summed E-state index contributed by atoms with van der Waals surface area (Å²) in [5.74, 6) is 0.303. The Balaban J connectivity index is 1.95. The summed E-state index contributed by atoms with van der Waals surface area (Å²) in [5.41, 5.74) is 0.837. The van der Waals surface area contributed by atoms with Crippen LogP contribution in [0.3, 0.4) is 0 Å². The third-order valence-corrected chi connectivity index (χ3v) is 2.08. The van der Waals surface area contributed by atoms with E-state index < -0.39 is 0 Å². The van der Waals surface area contributed by atoms with E-state index in [9.17, 15) is 4.79 Å². The van der Waals surface area contributed by atoms with Gasteiger partial charge in [0.15, 0.2) is 0 Å². The number of ether oxygens (including phenoxy) is 1. The molecular formula is C14H11O2. The van der Waals surface area contributed by atoms with Crippen LogP contribution in [0, 0.1) is 6.07 Å². The third kappa shape index (κ3) is 2.95. The summed E-state index contributed by atoms with van der Waals surface area (Å²) in [6.45, 7) is 0. The summed E-state index contributed by atoms with van der Waals surface area (Å²) >= 11 is 0. The second kappa shape index (κ2) is 5.12. The number of carbonyl (C=O) groups excluding carboxylic acids is 1. The Hall–Kier alpha value is -2.09. The lowest BCUT2D eigenvalue weighted by atomic mass is 10.2. The maximum atomic E-state index is 11.5. The summed E-state index contributed by atoms with van der Waals surface area (Å²) in [5, 5.41) is 0. The molecule has 79 valence electrons. The molecule has 0 saturated carbocycles. The molecule has 2 aromatic carbocycles. The number of benzene rings is 2. The van der Waals surface area contributed by atoms with Crippen molar-refractivity contribution in [3.8, 4) is 5.75 Å². The van der Waals surface area contributed by atoms with Crippen molar-refractivity contribution >= 4 is 5.97 Å². The highest BCUT2D eigenvalue weighted by molar-refractivity contribution is 5.75. The van der Waals surface area contributed by atoms with Gasteiger partial charge in [-0.2, -0.15) is 0 Å². The molecule has 0 spiro atoms. The van der Waals surface area contributed by atoms with Crippen molar-refractivity contribution in [1.29, 1.82) is 0 Å². The van der Waals surface area contributed by atoms with Gasteiger partial charge in [0.05, 0.1) is 6.42 Å². The Bertz CT molecular complexity index is 405. The van der Waals surface area contributed by atoms with Gasteiger partial charge < -0.3 is 4.74 Å². The normalized spacial score (nSPS) is 9.75. The van der Waals surface area contributed by atoms with Crippen molar-refractivity contribution in [3.63, 3.8) is 0 Å². The molecule has 0 unspecified atom stereocenters. The summed E-state index contributed by atoms with van der Waals surface area (Å²) < 4.78 is 5.16. The molecule has 2 aromatic rings. The van der Waals surface area contributed by atoms with Crippen LogP contribution in [0.5, 0.6) is 5.75 Å². The van der Waals surface area contributed by atoms with Crippen molar-refractivity contribution in [3.05, 3.63) is 66.2 Å². The van der Waals surface area contributed by atoms with Gasteiger partial charge in [0, 0.05) is 0 Å². The van der Waals surface area contributed by atoms with Crippen molar-refractivity contribution in [2.24, 2.45) is 0 Å². The minimum Gasteiger partial charge on any atom is -0.426 e. The molecule has 0 aliphatic carbocycles. The number of hydrogen-bond donors (Lipinski definition) is 0. The number of esters is 1. The molecule has 16 heavy (non-hydrogen) atoms. The number of hydrogen-bond acceptors (Lipinski definition) is 2. The predicted octanol–water partition coefficient (Wildman–Crippen LogP) is 2.63. The Morgan fingerprint density at radius 3 is 2.50 bits per heavy atom. The van der Waals surface area contributed by atoms with Gasteiger partial charge in [0.2, 0.25) is 0 Å². The molecule has 2 heteroatoms. The fourth-order valence-corrected chi connectivity index (χ4v) is 1.35. The molecule has 0 bridgehead atoms. The van der Waals surface area contributed by atoms with Gasteiger partial charge in [0.1, 0.15) is 5.75 Å². The third-order valence-electron chi connectivity index (χ3n) is 2.08. The van der Waals surface area contributed by atoms with Crippen LogP contribution >= 0.6 is 0 Å². The van der Waals surface area contributed by atoms with Crippen LogP contribution in [0.1, 0.15) is 5.56 Å². The van der Waals surface area contributed by atoms with Gasteiger partial charge in [0.25, 0.3) is 0 Å². The molecule has 0 aromatic heterocycles. The van der Waals surface area contributed by atoms with Gasteiger partial charge in [-0.1, -0.05) is 42.5 Å². The van der Waals surface area contributed by atoms with Gasteiger partial charge >= 0.3 is 5.97 Å². The lowest BCUT2D eigenvalue weighted by molar-refractivity contribution is -0.133. The highest BCUT2D eigenvalue weighted by Gasteiger charge is 2.05. The van der Waals surface area contributed by atoms with Crippen molar-refractivity contribution in [1.82, 2.24) is 0 Å². The van der Waals surface area contributed by atoms with Crippen LogP contribution in [0.15, 0.2) is 54.6 Å². The van der Waals surface area contributed by atoms with Crippen molar-refractivity contribution < 1.29 is 9.53 Å². The molecule has 0 heterocycles. The maximum absolute atomic E-state index is 11.5. The number of carbonyl (C=O) groups is 1. The summed E-state index contributed by atoms with van der Waals surface area (Å²) in [6, 6.07) is 19.4. The number of rotatable bonds is 3. The Labute approximate surface area is 94.5 Å². The van der Waals surface area contributed by atoms with Crippen LogP contribution in [0.2, 0.25) is 0 Å². The zero-order valence-corrected chi connectivity index (χ0v) is 8.72. The molecule has 0 saturated heterocycles. The fraction of sp³-hybridized carbons (Fsp3) is 0.0714. The first kappa shape index (κ1) is 10.4. The first-order chi connectivity index (χ1) is 7.84. The zero-order valence-electron chi connectivity index (χ0n) is 8.72. The predicted molar refractivity (Wildman–Crippen MR) is 61.1 cm³/mol. The van der Waals surface area contributed by atoms with Gasteiger partial charge in [-0.15, -0.1) is 0 Å². The fourth-order valence-electron chi connectivity index (χ4n) is 1.35. The first-order valence-electron chi connectivity index (χ1n) is 5.06. The molecule has 2 rings (SSSR count). The van der Waals surface area contributed by atoms with E-state index in [0.717, 1.165) is 5.56 Å². The van der Waals surface area contributed by atoms with Crippen molar-refractivity contribution in [2.45, 2.75) is 6.42 Å². The van der Waals surface area contributed by atoms with E-state index in [0.29, 0.717) is 5.75 Å². The quantitative estimate of drug-likeness (QED) is 0.576. The monoisotopic (exact) mass is 211 g/mol. The summed E-state index contributed by atoms with van der Waals surface area (Å²) in [6.07, 6.45) is 0.246. The Morgan fingerprint density at radius 2 is 1.81 bits per heavy atom. The van der Waals surface area contributed by atoms with Crippen LogP contribution in [0.4, 0.5) is 0 Å². The largest absolute Gasteiger partial charge is 0.426 e. The standard InChI is InChI=1S/C14H11O2/c15-14(11-12-7-3-1-4-8-12)16-13-9-5-2-6-10-13/h1-7,9-10H,11H2. The minimum absolute atomic E-state index is 0.246. The average molecular weight is 211 g/mol. The lowest BCUT2D eigenvalue weighted by Gasteiger charge is -2.03. The summed E-state index contributed by atoms with van der Waals surface area (Å²) in [4.78, 5) is 11.5. The molecule has 0 atom stereocenters. The molecule has 1 radical (unpaired) electrons. The van der Waals surface area contributed by atoms with E-state index in [2.05, 4.69) is 6.07 Å². The second-order valence-corrected chi connectivity index (χ2v) is 3.35. The van der Waals surface area contributed by atoms with Gasteiger partial charge in [-0.05, 0) is 23.8 Å². The van der Waals surface area contributed by atoms with E-state index in [1.165, 1.54) is 0 Å². The SMILES string of the molecule is O=C(Cc1[c]cccc1)Oc1ccccc1. The highest BCUT2D eigenvalue weighted by Crippen LogP contribution is 2.09. The second-order valence-electron chi connectivity index (χ2n) is 3.35. The first-order valence-corrected chi connectivity index (χ1v) is 5.06. The maximum Gasteiger partial charge on any atom is 0.315 e. The van der Waals surface area contributed by atoms with Crippen LogP contribution < -0.4 is 4.74 Å². The molecule has 0 N–H and O–H groups in total. The Kier molecular flexibility index (Phi) is 3.34. The van der Waals surface area contributed by atoms with Crippen LogP contribution in [0.25, 0.3) is 0 Å². The molecule has 0 fully saturated rings. The molecule has 0 aliphatic heterocycles. The minimum atomic E-state index is -0.270. The zero-order chi connectivity index (χ0) is 11.2. The molecular weight excluding hydrogens is 200 g/mol.